The van der Waals surface area contributed by atoms with Crippen molar-refractivity contribution >= 4 is 11.7 Å². The molecule has 0 fully saturated rings. The first kappa shape index (κ1) is 9.38. The van der Waals surface area contributed by atoms with Crippen molar-refractivity contribution < 1.29 is 14.6 Å². The van der Waals surface area contributed by atoms with Gasteiger partial charge in [-0.2, -0.15) is 0 Å². The summed E-state index contributed by atoms with van der Waals surface area (Å²) in [6.07, 6.45) is -0.955. The Morgan fingerprint density at radius 2 is 2.00 bits per heavy atom. The van der Waals surface area contributed by atoms with Gasteiger partial charge in [-0.05, 0) is 31.2 Å². The SMILES string of the molecule is CC(Oc1ccc(N)cc1)C(=O)[O-]. The van der Waals surface area contributed by atoms with E-state index in [1.165, 1.54) is 6.92 Å². The maximum absolute atomic E-state index is 10.3. The smallest absolute Gasteiger partial charge is 0.135 e. The fourth-order valence-corrected chi connectivity index (χ4v) is 0.799. The number of anilines is 1. The van der Waals surface area contributed by atoms with Gasteiger partial charge in [-0.3, -0.25) is 0 Å². The van der Waals surface area contributed by atoms with Crippen LogP contribution < -0.4 is 15.6 Å². The number of ether oxygens (including phenoxy) is 1. The van der Waals surface area contributed by atoms with Gasteiger partial charge < -0.3 is 20.4 Å². The molecule has 70 valence electrons. The standard InChI is InChI=1S/C9H11NO3/c1-6(9(11)12)13-8-4-2-7(10)3-5-8/h2-6H,10H2,1H3,(H,11,12)/p-1. The summed E-state index contributed by atoms with van der Waals surface area (Å²) >= 11 is 0. The van der Waals surface area contributed by atoms with Crippen LogP contribution in [0.25, 0.3) is 0 Å². The Kier molecular flexibility index (Phi) is 2.74. The molecule has 0 amide bonds. The van der Waals surface area contributed by atoms with Crippen LogP contribution in [0.15, 0.2) is 24.3 Å². The van der Waals surface area contributed by atoms with Gasteiger partial charge in [-0.15, -0.1) is 0 Å². The van der Waals surface area contributed by atoms with Crippen LogP contribution in [0.5, 0.6) is 5.75 Å². The van der Waals surface area contributed by atoms with Crippen molar-refractivity contribution in [1.29, 1.82) is 0 Å². The number of carbonyl (C=O) groups is 1. The highest BCUT2D eigenvalue weighted by Crippen LogP contribution is 2.14. The van der Waals surface area contributed by atoms with E-state index >= 15 is 0 Å². The van der Waals surface area contributed by atoms with Crippen LogP contribution in [-0.4, -0.2) is 12.1 Å². The van der Waals surface area contributed by atoms with E-state index in [0.717, 1.165) is 0 Å². The Bertz CT molecular complexity index is 294. The first-order chi connectivity index (χ1) is 6.09. The Morgan fingerprint density at radius 3 is 2.46 bits per heavy atom. The molecule has 0 saturated carbocycles. The second kappa shape index (κ2) is 3.80. The van der Waals surface area contributed by atoms with Gasteiger partial charge in [0.05, 0.1) is 5.97 Å². The van der Waals surface area contributed by atoms with Crippen molar-refractivity contribution in [2.45, 2.75) is 13.0 Å². The van der Waals surface area contributed by atoms with E-state index in [9.17, 15) is 9.90 Å². The van der Waals surface area contributed by atoms with Crippen LogP contribution in [-0.2, 0) is 4.79 Å². The van der Waals surface area contributed by atoms with Crippen molar-refractivity contribution in [3.63, 3.8) is 0 Å². The van der Waals surface area contributed by atoms with Gasteiger partial charge in [0, 0.05) is 5.69 Å². The largest absolute Gasteiger partial charge is 0.546 e. The molecule has 4 nitrogen and oxygen atoms in total. The summed E-state index contributed by atoms with van der Waals surface area (Å²) in [6.45, 7) is 1.41. The molecule has 0 aliphatic heterocycles. The molecule has 2 N–H and O–H groups in total. The molecule has 0 aromatic heterocycles. The van der Waals surface area contributed by atoms with Gasteiger partial charge in [0.15, 0.2) is 0 Å². The summed E-state index contributed by atoms with van der Waals surface area (Å²) in [6, 6.07) is 6.48. The molecule has 13 heavy (non-hydrogen) atoms. The predicted molar refractivity (Wildman–Crippen MR) is 46.0 cm³/mol. The summed E-state index contributed by atoms with van der Waals surface area (Å²) in [5, 5.41) is 10.3. The molecule has 1 atom stereocenters. The van der Waals surface area contributed by atoms with Crippen LogP contribution in [0, 0.1) is 0 Å². The monoisotopic (exact) mass is 180 g/mol. The maximum Gasteiger partial charge on any atom is 0.135 e. The quantitative estimate of drug-likeness (QED) is 0.653. The summed E-state index contributed by atoms with van der Waals surface area (Å²) in [5.74, 6) is -0.775. The van der Waals surface area contributed by atoms with E-state index in [1.54, 1.807) is 24.3 Å². The Labute approximate surface area is 75.9 Å². The van der Waals surface area contributed by atoms with Crippen molar-refractivity contribution in [1.82, 2.24) is 0 Å². The van der Waals surface area contributed by atoms with Crippen molar-refractivity contribution in [2.75, 3.05) is 5.73 Å². The third-order valence-electron chi connectivity index (χ3n) is 1.52. The first-order valence-electron chi connectivity index (χ1n) is 3.82. The van der Waals surface area contributed by atoms with Crippen LogP contribution in [0.3, 0.4) is 0 Å². The van der Waals surface area contributed by atoms with E-state index in [1.807, 2.05) is 0 Å². The van der Waals surface area contributed by atoms with Gasteiger partial charge in [0.1, 0.15) is 11.9 Å². The van der Waals surface area contributed by atoms with Gasteiger partial charge in [-0.25, -0.2) is 0 Å². The molecule has 1 aromatic rings. The fraction of sp³-hybridized carbons (Fsp3) is 0.222. The summed E-state index contributed by atoms with van der Waals surface area (Å²) in [4.78, 5) is 10.3. The molecule has 4 heteroatoms. The summed E-state index contributed by atoms with van der Waals surface area (Å²) < 4.78 is 5.01. The Morgan fingerprint density at radius 1 is 1.46 bits per heavy atom. The molecular formula is C9H10NO3-. The number of hydrogen-bond acceptors (Lipinski definition) is 4. The molecule has 1 unspecified atom stereocenters. The number of rotatable bonds is 3. The van der Waals surface area contributed by atoms with Crippen LogP contribution in [0.1, 0.15) is 6.92 Å². The highest BCUT2D eigenvalue weighted by Gasteiger charge is 2.03. The van der Waals surface area contributed by atoms with Gasteiger partial charge in [0.25, 0.3) is 0 Å². The molecule has 0 heterocycles. The topological polar surface area (TPSA) is 75.4 Å². The average Bonchev–Trinajstić information content (AvgIpc) is 2.08. The first-order valence-corrected chi connectivity index (χ1v) is 3.82. The maximum atomic E-state index is 10.3. The van der Waals surface area contributed by atoms with E-state index in [-0.39, 0.29) is 0 Å². The second-order valence-corrected chi connectivity index (χ2v) is 2.65. The Balaban J connectivity index is 2.64. The van der Waals surface area contributed by atoms with E-state index in [0.29, 0.717) is 11.4 Å². The minimum absolute atomic E-state index is 0.464. The number of carbonyl (C=O) groups excluding carboxylic acids is 1. The molecule has 0 aliphatic carbocycles. The average molecular weight is 180 g/mol. The molecule has 0 radical (unpaired) electrons. The van der Waals surface area contributed by atoms with E-state index in [2.05, 4.69) is 0 Å². The zero-order chi connectivity index (χ0) is 9.84. The normalized spacial score (nSPS) is 12.1. The highest BCUT2D eigenvalue weighted by atomic mass is 16.5. The number of benzene rings is 1. The molecule has 0 spiro atoms. The molecule has 0 bridgehead atoms. The number of aliphatic carboxylic acids is 1. The molecule has 1 aromatic carbocycles. The minimum atomic E-state index is -1.24. The van der Waals surface area contributed by atoms with Crippen molar-refractivity contribution in [3.8, 4) is 5.75 Å². The summed E-state index contributed by atoms with van der Waals surface area (Å²) in [5.41, 5.74) is 6.04. The third-order valence-corrected chi connectivity index (χ3v) is 1.52. The number of hydrogen-bond donors (Lipinski definition) is 1. The van der Waals surface area contributed by atoms with Crippen LogP contribution >= 0.6 is 0 Å². The second-order valence-electron chi connectivity index (χ2n) is 2.65. The van der Waals surface area contributed by atoms with Gasteiger partial charge in [0.2, 0.25) is 0 Å². The molecular weight excluding hydrogens is 170 g/mol. The predicted octanol–water partition coefficient (Wildman–Crippen LogP) is -0.214. The highest BCUT2D eigenvalue weighted by molar-refractivity contribution is 5.69. The number of nitrogen functional groups attached to an aromatic ring is 1. The number of nitrogens with two attached hydrogens (primary N) is 1. The zero-order valence-corrected chi connectivity index (χ0v) is 7.19. The lowest BCUT2D eigenvalue weighted by Gasteiger charge is -2.15. The summed E-state index contributed by atoms with van der Waals surface area (Å²) in [7, 11) is 0. The molecule has 1 rings (SSSR count). The molecule has 0 saturated heterocycles. The van der Waals surface area contributed by atoms with Gasteiger partial charge >= 0.3 is 0 Å². The molecule has 0 aliphatic rings. The lowest BCUT2D eigenvalue weighted by Crippen LogP contribution is -2.37. The lowest BCUT2D eigenvalue weighted by atomic mass is 10.3. The zero-order valence-electron chi connectivity index (χ0n) is 7.19. The van der Waals surface area contributed by atoms with Crippen LogP contribution in [0.4, 0.5) is 5.69 Å². The lowest BCUT2D eigenvalue weighted by molar-refractivity contribution is -0.312. The van der Waals surface area contributed by atoms with Crippen molar-refractivity contribution in [3.05, 3.63) is 24.3 Å². The van der Waals surface area contributed by atoms with E-state index in [4.69, 9.17) is 10.5 Å². The third kappa shape index (κ3) is 2.66. The fourth-order valence-electron chi connectivity index (χ4n) is 0.799. The van der Waals surface area contributed by atoms with Gasteiger partial charge in [-0.1, -0.05) is 0 Å². The van der Waals surface area contributed by atoms with E-state index < -0.39 is 12.1 Å². The number of carboxylic acids is 1. The minimum Gasteiger partial charge on any atom is -0.546 e. The Hall–Kier alpha value is -1.71. The van der Waals surface area contributed by atoms with Crippen molar-refractivity contribution in [2.24, 2.45) is 0 Å². The number of carboxylic acid groups (broad SMARTS) is 1. The van der Waals surface area contributed by atoms with Crippen LogP contribution in [0.2, 0.25) is 0 Å².